The van der Waals surface area contributed by atoms with Gasteiger partial charge in [-0.05, 0) is 24.3 Å². The van der Waals surface area contributed by atoms with Gasteiger partial charge in [0.1, 0.15) is 10.6 Å². The van der Waals surface area contributed by atoms with Crippen LogP contribution < -0.4 is 21.5 Å². The highest BCUT2D eigenvalue weighted by Crippen LogP contribution is 2.28. The van der Waals surface area contributed by atoms with Crippen molar-refractivity contribution < 1.29 is 18.0 Å². The first-order chi connectivity index (χ1) is 11.1. The SMILES string of the molecule is Cn1cc(S(=O)(=O)Nc2cc(NC(N)=O)ccc2Cl)cc1C(N)=O. The number of aryl methyl sites for hydroxylation is 1. The summed E-state index contributed by atoms with van der Waals surface area (Å²) in [6.07, 6.45) is 1.24. The predicted octanol–water partition coefficient (Wildman–Crippen LogP) is 1.07. The Hall–Kier alpha value is -2.72. The van der Waals surface area contributed by atoms with E-state index in [2.05, 4.69) is 10.0 Å². The molecule has 0 atom stereocenters. The number of hydrogen-bond acceptors (Lipinski definition) is 4. The van der Waals surface area contributed by atoms with Crippen LogP contribution in [0, 0.1) is 0 Å². The van der Waals surface area contributed by atoms with Gasteiger partial charge in [0.25, 0.3) is 15.9 Å². The summed E-state index contributed by atoms with van der Waals surface area (Å²) in [5.74, 6) is -0.760. The number of halogens is 1. The van der Waals surface area contributed by atoms with Crippen molar-refractivity contribution in [2.45, 2.75) is 4.90 Å². The number of hydrogen-bond donors (Lipinski definition) is 4. The fraction of sp³-hybridized carbons (Fsp3) is 0.0769. The third-order valence-corrected chi connectivity index (χ3v) is 4.68. The zero-order valence-corrected chi connectivity index (χ0v) is 14.0. The number of anilines is 2. The standard InChI is InChI=1S/C13H14ClN5O4S/c1-19-6-8(5-11(19)12(15)20)24(22,23)18-10-4-7(17-13(16)21)2-3-9(10)14/h2-6,18H,1H3,(H2,15,20)(H3,16,17,21). The number of nitrogens with two attached hydrogens (primary N) is 2. The molecule has 0 radical (unpaired) electrons. The summed E-state index contributed by atoms with van der Waals surface area (Å²) in [5, 5.41) is 2.42. The van der Waals surface area contributed by atoms with Crippen molar-refractivity contribution in [1.29, 1.82) is 0 Å². The quantitative estimate of drug-likeness (QED) is 0.621. The van der Waals surface area contributed by atoms with E-state index >= 15 is 0 Å². The van der Waals surface area contributed by atoms with E-state index in [0.717, 1.165) is 6.07 Å². The van der Waals surface area contributed by atoms with Crippen LogP contribution in [0.15, 0.2) is 35.4 Å². The highest BCUT2D eigenvalue weighted by atomic mass is 35.5. The minimum absolute atomic E-state index is 0.0330. The Morgan fingerprint density at radius 3 is 2.42 bits per heavy atom. The molecule has 0 saturated heterocycles. The normalized spacial score (nSPS) is 11.1. The van der Waals surface area contributed by atoms with Crippen LogP contribution in [0.25, 0.3) is 0 Å². The number of carbonyl (C=O) groups is 2. The minimum atomic E-state index is -4.02. The Morgan fingerprint density at radius 1 is 1.21 bits per heavy atom. The van der Waals surface area contributed by atoms with Crippen LogP contribution >= 0.6 is 11.6 Å². The van der Waals surface area contributed by atoms with Gasteiger partial charge in [-0.3, -0.25) is 9.52 Å². The average Bonchev–Trinajstić information content (AvgIpc) is 2.85. The lowest BCUT2D eigenvalue weighted by atomic mass is 10.3. The summed E-state index contributed by atoms with van der Waals surface area (Å²) < 4.78 is 28.4. The molecular formula is C13H14ClN5O4S. The number of aromatic nitrogens is 1. The van der Waals surface area contributed by atoms with Crippen molar-refractivity contribution >= 4 is 44.9 Å². The van der Waals surface area contributed by atoms with Crippen LogP contribution in [0.2, 0.25) is 5.02 Å². The zero-order valence-electron chi connectivity index (χ0n) is 12.4. The second kappa shape index (κ2) is 6.42. The summed E-state index contributed by atoms with van der Waals surface area (Å²) in [6.45, 7) is 0. The van der Waals surface area contributed by atoms with Crippen LogP contribution in [0.5, 0.6) is 0 Å². The van der Waals surface area contributed by atoms with Crippen LogP contribution in [-0.2, 0) is 17.1 Å². The van der Waals surface area contributed by atoms with Crippen LogP contribution in [0.3, 0.4) is 0 Å². The minimum Gasteiger partial charge on any atom is -0.364 e. The van der Waals surface area contributed by atoms with Gasteiger partial charge in [-0.2, -0.15) is 0 Å². The van der Waals surface area contributed by atoms with Gasteiger partial charge in [-0.25, -0.2) is 13.2 Å². The van der Waals surface area contributed by atoms with E-state index in [9.17, 15) is 18.0 Å². The summed E-state index contributed by atoms with van der Waals surface area (Å²) in [6, 6.07) is 4.50. The summed E-state index contributed by atoms with van der Waals surface area (Å²) in [5.41, 5.74) is 10.5. The second-order valence-electron chi connectivity index (χ2n) is 4.83. The van der Waals surface area contributed by atoms with Gasteiger partial charge in [0.05, 0.1) is 10.7 Å². The molecule has 2 aromatic rings. The fourth-order valence-electron chi connectivity index (χ4n) is 1.95. The molecule has 0 aliphatic heterocycles. The Morgan fingerprint density at radius 2 is 1.88 bits per heavy atom. The van der Waals surface area contributed by atoms with Crippen LogP contribution in [0.1, 0.15) is 10.5 Å². The fourth-order valence-corrected chi connectivity index (χ4v) is 3.31. The first-order valence-corrected chi connectivity index (χ1v) is 8.31. The Bertz CT molecular complexity index is 922. The maximum Gasteiger partial charge on any atom is 0.316 e. The molecule has 24 heavy (non-hydrogen) atoms. The summed E-state index contributed by atoms with van der Waals surface area (Å²) >= 11 is 5.96. The van der Waals surface area contributed by atoms with E-state index in [4.69, 9.17) is 23.1 Å². The van der Waals surface area contributed by atoms with Crippen LogP contribution in [-0.4, -0.2) is 24.9 Å². The van der Waals surface area contributed by atoms with Crippen LogP contribution in [0.4, 0.5) is 16.2 Å². The number of rotatable bonds is 5. The molecule has 0 bridgehead atoms. The van der Waals surface area contributed by atoms with E-state index < -0.39 is 22.0 Å². The smallest absolute Gasteiger partial charge is 0.316 e. The molecule has 3 amide bonds. The number of primary amides is 2. The molecular weight excluding hydrogens is 358 g/mol. The van der Waals surface area contributed by atoms with E-state index in [1.54, 1.807) is 0 Å². The molecule has 1 aromatic carbocycles. The number of nitrogens with one attached hydrogen (secondary N) is 2. The van der Waals surface area contributed by atoms with Gasteiger partial charge < -0.3 is 21.4 Å². The largest absolute Gasteiger partial charge is 0.364 e. The van der Waals surface area contributed by atoms with E-state index in [-0.39, 0.29) is 27.0 Å². The number of amides is 3. The van der Waals surface area contributed by atoms with Gasteiger partial charge in [-0.15, -0.1) is 0 Å². The number of carbonyl (C=O) groups excluding carboxylic acids is 2. The van der Waals surface area contributed by atoms with Crippen molar-refractivity contribution in [3.63, 3.8) is 0 Å². The number of benzene rings is 1. The molecule has 0 fully saturated rings. The number of sulfonamides is 1. The van der Waals surface area contributed by atoms with E-state index in [0.29, 0.717) is 0 Å². The molecule has 0 aliphatic carbocycles. The maximum absolute atomic E-state index is 12.4. The average molecular weight is 372 g/mol. The molecule has 9 nitrogen and oxygen atoms in total. The molecule has 1 heterocycles. The Balaban J connectivity index is 2.37. The maximum atomic E-state index is 12.4. The monoisotopic (exact) mass is 371 g/mol. The van der Waals surface area contributed by atoms with Gasteiger partial charge in [0, 0.05) is 18.9 Å². The molecule has 11 heteroatoms. The molecule has 0 unspecified atom stereocenters. The third-order valence-electron chi connectivity index (χ3n) is 3.02. The topological polar surface area (TPSA) is 149 Å². The molecule has 128 valence electrons. The highest BCUT2D eigenvalue weighted by Gasteiger charge is 2.20. The van der Waals surface area contributed by atoms with Crippen molar-refractivity contribution in [2.75, 3.05) is 10.0 Å². The predicted molar refractivity (Wildman–Crippen MR) is 89.4 cm³/mol. The first-order valence-electron chi connectivity index (χ1n) is 6.45. The molecule has 0 aliphatic rings. The van der Waals surface area contributed by atoms with E-state index in [1.807, 2.05) is 0 Å². The Labute approximate surface area is 142 Å². The second-order valence-corrected chi connectivity index (χ2v) is 6.92. The van der Waals surface area contributed by atoms with Gasteiger partial charge in [0.2, 0.25) is 0 Å². The Kier molecular flexibility index (Phi) is 4.71. The highest BCUT2D eigenvalue weighted by molar-refractivity contribution is 7.92. The molecule has 2 rings (SSSR count). The number of urea groups is 1. The third kappa shape index (κ3) is 3.78. The lowest BCUT2D eigenvalue weighted by molar-refractivity contribution is 0.0992. The lowest BCUT2D eigenvalue weighted by Gasteiger charge is -2.10. The van der Waals surface area contributed by atoms with E-state index in [1.165, 1.54) is 36.0 Å². The molecule has 0 spiro atoms. The van der Waals surface area contributed by atoms with Gasteiger partial charge in [0.15, 0.2) is 0 Å². The molecule has 6 N–H and O–H groups in total. The first kappa shape index (κ1) is 17.6. The summed E-state index contributed by atoms with van der Waals surface area (Å²) in [4.78, 5) is 21.9. The number of nitrogens with zero attached hydrogens (tertiary/aromatic N) is 1. The van der Waals surface area contributed by atoms with Crippen molar-refractivity contribution in [3.8, 4) is 0 Å². The molecule has 1 aromatic heterocycles. The van der Waals surface area contributed by atoms with Crippen molar-refractivity contribution in [3.05, 3.63) is 41.2 Å². The zero-order chi connectivity index (χ0) is 18.1. The molecule has 0 saturated carbocycles. The van der Waals surface area contributed by atoms with Gasteiger partial charge in [-0.1, -0.05) is 11.6 Å². The van der Waals surface area contributed by atoms with Crippen molar-refractivity contribution in [1.82, 2.24) is 4.57 Å². The summed E-state index contributed by atoms with van der Waals surface area (Å²) in [7, 11) is -2.53. The van der Waals surface area contributed by atoms with Gasteiger partial charge >= 0.3 is 6.03 Å². The van der Waals surface area contributed by atoms with Crippen molar-refractivity contribution in [2.24, 2.45) is 18.5 Å². The lowest BCUT2D eigenvalue weighted by Crippen LogP contribution is -2.19.